The smallest absolute Gasteiger partial charge is 0.278 e. The van der Waals surface area contributed by atoms with Crippen molar-refractivity contribution in [3.63, 3.8) is 0 Å². The average Bonchev–Trinajstić information content (AvgIpc) is 2.97. The summed E-state index contributed by atoms with van der Waals surface area (Å²) in [5.74, 6) is 0. The summed E-state index contributed by atoms with van der Waals surface area (Å²) in [5, 5.41) is 11.6. The Hall–Kier alpha value is -1.85. The van der Waals surface area contributed by atoms with Gasteiger partial charge in [0.15, 0.2) is 0 Å². The number of rotatable bonds is 3. The Morgan fingerprint density at radius 1 is 1.26 bits per heavy atom. The number of halogens is 1. The molecular formula is C13H9ClN2O2S. The molecule has 0 saturated carbocycles. The SMILES string of the molecule is O=[N+]([O-])c1cccc2c1ccn2Cc1ccc(Cl)s1. The number of fused-ring (bicyclic) bond motifs is 1. The number of aromatic nitrogens is 1. The quantitative estimate of drug-likeness (QED) is 0.533. The molecule has 0 unspecified atom stereocenters. The van der Waals surface area contributed by atoms with E-state index >= 15 is 0 Å². The summed E-state index contributed by atoms with van der Waals surface area (Å²) in [6.45, 7) is 0.669. The fourth-order valence-electron chi connectivity index (χ4n) is 2.11. The lowest BCUT2D eigenvalue weighted by Crippen LogP contribution is -1.96. The van der Waals surface area contributed by atoms with Crippen molar-refractivity contribution in [2.24, 2.45) is 0 Å². The first-order chi connectivity index (χ1) is 9.15. The molecule has 96 valence electrons. The van der Waals surface area contributed by atoms with Crippen LogP contribution in [0.15, 0.2) is 42.6 Å². The van der Waals surface area contributed by atoms with Gasteiger partial charge in [0.05, 0.1) is 26.7 Å². The molecule has 0 fully saturated rings. The van der Waals surface area contributed by atoms with E-state index in [1.807, 2.05) is 29.0 Å². The molecule has 3 rings (SSSR count). The minimum Gasteiger partial charge on any atom is -0.342 e. The number of hydrogen-bond donors (Lipinski definition) is 0. The van der Waals surface area contributed by atoms with Gasteiger partial charge in [0, 0.05) is 17.1 Å². The molecule has 0 radical (unpaired) electrons. The number of nitro groups is 1. The van der Waals surface area contributed by atoms with Crippen molar-refractivity contribution in [3.8, 4) is 0 Å². The normalized spacial score (nSPS) is 11.0. The van der Waals surface area contributed by atoms with Gasteiger partial charge in [-0.25, -0.2) is 0 Å². The Morgan fingerprint density at radius 2 is 2.11 bits per heavy atom. The molecule has 0 aliphatic rings. The van der Waals surface area contributed by atoms with E-state index in [0.717, 1.165) is 14.7 Å². The highest BCUT2D eigenvalue weighted by Gasteiger charge is 2.13. The second-order valence-electron chi connectivity index (χ2n) is 4.12. The first-order valence-corrected chi connectivity index (χ1v) is 6.81. The van der Waals surface area contributed by atoms with Crippen LogP contribution in [-0.2, 0) is 6.54 Å². The largest absolute Gasteiger partial charge is 0.342 e. The zero-order valence-corrected chi connectivity index (χ0v) is 11.3. The number of nitro benzene ring substituents is 1. The molecule has 19 heavy (non-hydrogen) atoms. The van der Waals surface area contributed by atoms with Crippen molar-refractivity contribution in [1.82, 2.24) is 4.57 Å². The lowest BCUT2D eigenvalue weighted by atomic mass is 10.2. The standard InChI is InChI=1S/C13H9ClN2O2S/c14-13-5-4-9(19-13)8-15-7-6-10-11(15)2-1-3-12(10)16(17)18/h1-7H,8H2. The number of benzene rings is 1. The molecule has 0 aliphatic carbocycles. The summed E-state index contributed by atoms with van der Waals surface area (Å²) >= 11 is 7.42. The lowest BCUT2D eigenvalue weighted by Gasteiger charge is -2.03. The van der Waals surface area contributed by atoms with Gasteiger partial charge in [-0.3, -0.25) is 10.1 Å². The summed E-state index contributed by atoms with van der Waals surface area (Å²) in [7, 11) is 0. The van der Waals surface area contributed by atoms with E-state index in [-0.39, 0.29) is 10.6 Å². The van der Waals surface area contributed by atoms with Crippen LogP contribution in [0.1, 0.15) is 4.88 Å². The highest BCUT2D eigenvalue weighted by atomic mass is 35.5. The van der Waals surface area contributed by atoms with Crippen molar-refractivity contribution >= 4 is 39.5 Å². The first-order valence-electron chi connectivity index (χ1n) is 5.61. The van der Waals surface area contributed by atoms with Crippen LogP contribution in [0.4, 0.5) is 5.69 Å². The molecule has 6 heteroatoms. The third-order valence-electron chi connectivity index (χ3n) is 2.94. The van der Waals surface area contributed by atoms with Gasteiger partial charge < -0.3 is 4.57 Å². The van der Waals surface area contributed by atoms with E-state index in [1.165, 1.54) is 17.4 Å². The van der Waals surface area contributed by atoms with Gasteiger partial charge in [-0.1, -0.05) is 17.7 Å². The molecule has 4 nitrogen and oxygen atoms in total. The second kappa shape index (κ2) is 4.68. The summed E-state index contributed by atoms with van der Waals surface area (Å²) in [6.07, 6.45) is 1.87. The topological polar surface area (TPSA) is 48.1 Å². The molecule has 0 amide bonds. The van der Waals surface area contributed by atoms with Crippen LogP contribution in [0.2, 0.25) is 4.34 Å². The lowest BCUT2D eigenvalue weighted by molar-refractivity contribution is -0.383. The Labute approximate surface area is 118 Å². The van der Waals surface area contributed by atoms with E-state index < -0.39 is 0 Å². The molecule has 0 atom stereocenters. The molecule has 0 bridgehead atoms. The molecule has 2 heterocycles. The highest BCUT2D eigenvalue weighted by molar-refractivity contribution is 7.16. The fourth-order valence-corrected chi connectivity index (χ4v) is 3.20. The van der Waals surface area contributed by atoms with Gasteiger partial charge in [0.1, 0.15) is 0 Å². The molecule has 0 spiro atoms. The summed E-state index contributed by atoms with van der Waals surface area (Å²) in [5.41, 5.74) is 0.999. The minimum atomic E-state index is -0.352. The van der Waals surface area contributed by atoms with Crippen LogP contribution < -0.4 is 0 Å². The van der Waals surface area contributed by atoms with E-state index in [4.69, 9.17) is 11.6 Å². The third-order valence-corrected chi connectivity index (χ3v) is 4.16. The molecule has 0 aliphatic heterocycles. The number of non-ortho nitro benzene ring substituents is 1. The van der Waals surface area contributed by atoms with E-state index in [0.29, 0.717) is 11.9 Å². The van der Waals surface area contributed by atoms with Gasteiger partial charge in [0.25, 0.3) is 5.69 Å². The molecule has 2 aromatic heterocycles. The third kappa shape index (κ3) is 2.22. The van der Waals surface area contributed by atoms with Gasteiger partial charge in [0.2, 0.25) is 0 Å². The van der Waals surface area contributed by atoms with Crippen molar-refractivity contribution < 1.29 is 4.92 Å². The first kappa shape index (κ1) is 12.2. The Morgan fingerprint density at radius 3 is 2.79 bits per heavy atom. The van der Waals surface area contributed by atoms with E-state index in [1.54, 1.807) is 12.1 Å². The van der Waals surface area contributed by atoms with Crippen LogP contribution in [0.25, 0.3) is 10.9 Å². The predicted molar refractivity (Wildman–Crippen MR) is 77.0 cm³/mol. The summed E-state index contributed by atoms with van der Waals surface area (Å²) in [4.78, 5) is 11.7. The average molecular weight is 293 g/mol. The van der Waals surface area contributed by atoms with Gasteiger partial charge in [-0.2, -0.15) is 0 Å². The maximum absolute atomic E-state index is 11.0. The number of thiophene rings is 1. The van der Waals surface area contributed by atoms with Gasteiger partial charge in [-0.05, 0) is 24.3 Å². The maximum atomic E-state index is 11.0. The molecule has 0 saturated heterocycles. The Balaban J connectivity index is 2.06. The molecular weight excluding hydrogens is 284 g/mol. The molecule has 3 aromatic rings. The van der Waals surface area contributed by atoms with Crippen LogP contribution in [0, 0.1) is 10.1 Å². The predicted octanol–water partition coefficient (Wildman–Crippen LogP) is 4.31. The van der Waals surface area contributed by atoms with E-state index in [2.05, 4.69) is 0 Å². The fraction of sp³-hybridized carbons (Fsp3) is 0.0769. The summed E-state index contributed by atoms with van der Waals surface area (Å²) in [6, 6.07) is 10.7. The number of nitrogens with zero attached hydrogens (tertiary/aromatic N) is 2. The van der Waals surface area contributed by atoms with E-state index in [9.17, 15) is 10.1 Å². The Kier molecular flexibility index (Phi) is 3.00. The van der Waals surface area contributed by atoms with Crippen molar-refractivity contribution in [1.29, 1.82) is 0 Å². The number of hydrogen-bond acceptors (Lipinski definition) is 3. The van der Waals surface area contributed by atoms with Crippen LogP contribution >= 0.6 is 22.9 Å². The summed E-state index contributed by atoms with van der Waals surface area (Å²) < 4.78 is 2.74. The minimum absolute atomic E-state index is 0.139. The zero-order chi connectivity index (χ0) is 13.4. The zero-order valence-electron chi connectivity index (χ0n) is 9.75. The second-order valence-corrected chi connectivity index (χ2v) is 5.92. The van der Waals surface area contributed by atoms with Crippen LogP contribution in [0.5, 0.6) is 0 Å². The Bertz CT molecular complexity index is 763. The van der Waals surface area contributed by atoms with Crippen LogP contribution in [-0.4, -0.2) is 9.49 Å². The van der Waals surface area contributed by atoms with Gasteiger partial charge in [-0.15, -0.1) is 11.3 Å². The maximum Gasteiger partial charge on any atom is 0.278 e. The van der Waals surface area contributed by atoms with Crippen molar-refractivity contribution in [2.75, 3.05) is 0 Å². The van der Waals surface area contributed by atoms with Gasteiger partial charge >= 0.3 is 0 Å². The van der Waals surface area contributed by atoms with Crippen molar-refractivity contribution in [3.05, 3.63) is 61.9 Å². The molecule has 1 aromatic carbocycles. The monoisotopic (exact) mass is 292 g/mol. The van der Waals surface area contributed by atoms with Crippen LogP contribution in [0.3, 0.4) is 0 Å². The molecule has 0 N–H and O–H groups in total. The highest BCUT2D eigenvalue weighted by Crippen LogP contribution is 2.28. The van der Waals surface area contributed by atoms with Crippen molar-refractivity contribution in [2.45, 2.75) is 6.54 Å².